The molecule has 4 heteroatoms. The lowest BCUT2D eigenvalue weighted by atomic mass is 10.4. The van der Waals surface area contributed by atoms with Gasteiger partial charge in [0.25, 0.3) is 0 Å². The van der Waals surface area contributed by atoms with Crippen LogP contribution in [0.3, 0.4) is 0 Å². The van der Waals surface area contributed by atoms with E-state index in [2.05, 4.69) is 9.97 Å². The lowest BCUT2D eigenvalue weighted by Gasteiger charge is -1.98. The molecule has 0 aliphatic carbocycles. The maximum absolute atomic E-state index is 5.69. The minimum Gasteiger partial charge on any atom is -0.240 e. The predicted octanol–water partition coefficient (Wildman–Crippen LogP) is 2.43. The lowest BCUT2D eigenvalue weighted by molar-refractivity contribution is 0.910. The van der Waals surface area contributed by atoms with Crippen molar-refractivity contribution in [3.63, 3.8) is 0 Å². The van der Waals surface area contributed by atoms with Gasteiger partial charge in [0.05, 0.1) is 5.38 Å². The number of halogens is 2. The van der Waals surface area contributed by atoms with Gasteiger partial charge in [-0.2, -0.15) is 0 Å². The SMILES string of the molecule is C[C@@H](Cl)c1nccc(Cl)n1. The zero-order valence-electron chi connectivity index (χ0n) is 5.38. The van der Waals surface area contributed by atoms with Crippen LogP contribution in [0.15, 0.2) is 12.3 Å². The van der Waals surface area contributed by atoms with Gasteiger partial charge in [0.1, 0.15) is 11.0 Å². The molecule has 0 saturated heterocycles. The van der Waals surface area contributed by atoms with Crippen molar-refractivity contribution < 1.29 is 0 Å². The molecular formula is C6H6Cl2N2. The van der Waals surface area contributed by atoms with Crippen LogP contribution >= 0.6 is 23.2 Å². The summed E-state index contributed by atoms with van der Waals surface area (Å²) in [7, 11) is 0. The average Bonchev–Trinajstić information content (AvgIpc) is 1.88. The van der Waals surface area contributed by atoms with Crippen LogP contribution in [-0.2, 0) is 0 Å². The van der Waals surface area contributed by atoms with Crippen LogP contribution < -0.4 is 0 Å². The summed E-state index contributed by atoms with van der Waals surface area (Å²) in [6.07, 6.45) is 1.59. The summed E-state index contributed by atoms with van der Waals surface area (Å²) in [6, 6.07) is 1.62. The molecule has 0 aliphatic rings. The van der Waals surface area contributed by atoms with Crippen LogP contribution in [0.5, 0.6) is 0 Å². The summed E-state index contributed by atoms with van der Waals surface area (Å²) in [5.41, 5.74) is 0. The molecule has 1 heterocycles. The first-order valence-corrected chi connectivity index (χ1v) is 3.64. The Hall–Kier alpha value is -0.340. The van der Waals surface area contributed by atoms with Crippen molar-refractivity contribution in [3.8, 4) is 0 Å². The second-order valence-electron chi connectivity index (χ2n) is 1.85. The molecule has 2 nitrogen and oxygen atoms in total. The van der Waals surface area contributed by atoms with E-state index in [1.54, 1.807) is 19.2 Å². The van der Waals surface area contributed by atoms with Crippen molar-refractivity contribution in [2.45, 2.75) is 12.3 Å². The molecule has 0 aromatic carbocycles. The summed E-state index contributed by atoms with van der Waals surface area (Å²) in [5.74, 6) is 0.564. The Morgan fingerprint density at radius 3 is 2.70 bits per heavy atom. The molecule has 0 fully saturated rings. The normalized spacial score (nSPS) is 13.1. The Kier molecular flexibility index (Phi) is 2.46. The number of hydrogen-bond acceptors (Lipinski definition) is 2. The summed E-state index contributed by atoms with van der Waals surface area (Å²) in [5, 5.41) is 0.246. The third-order valence-electron chi connectivity index (χ3n) is 0.996. The molecule has 1 aromatic rings. The molecule has 0 aliphatic heterocycles. The maximum atomic E-state index is 5.69. The second kappa shape index (κ2) is 3.17. The Morgan fingerprint density at radius 1 is 1.60 bits per heavy atom. The van der Waals surface area contributed by atoms with Crippen molar-refractivity contribution in [1.82, 2.24) is 9.97 Å². The molecule has 1 rings (SSSR count). The standard InChI is InChI=1S/C6H6Cl2N2/c1-4(7)6-9-3-2-5(8)10-6/h2-4H,1H3/t4-/m1/s1. The van der Waals surface area contributed by atoms with Crippen molar-refractivity contribution in [3.05, 3.63) is 23.2 Å². The summed E-state index contributed by atoms with van der Waals surface area (Å²) < 4.78 is 0. The van der Waals surface area contributed by atoms with Crippen LogP contribution in [0, 0.1) is 0 Å². The third kappa shape index (κ3) is 1.82. The molecule has 0 spiro atoms. The third-order valence-corrected chi connectivity index (χ3v) is 1.40. The first-order valence-electron chi connectivity index (χ1n) is 2.82. The van der Waals surface area contributed by atoms with E-state index in [0.717, 1.165) is 0 Å². The Morgan fingerprint density at radius 2 is 2.30 bits per heavy atom. The molecule has 0 bridgehead atoms. The average molecular weight is 177 g/mol. The highest BCUT2D eigenvalue weighted by atomic mass is 35.5. The van der Waals surface area contributed by atoms with Gasteiger partial charge in [0.2, 0.25) is 0 Å². The largest absolute Gasteiger partial charge is 0.240 e. The minimum absolute atomic E-state index is 0.182. The second-order valence-corrected chi connectivity index (χ2v) is 2.90. The smallest absolute Gasteiger partial charge is 0.147 e. The van der Waals surface area contributed by atoms with Gasteiger partial charge in [-0.25, -0.2) is 9.97 Å². The van der Waals surface area contributed by atoms with E-state index in [1.807, 2.05) is 0 Å². The van der Waals surface area contributed by atoms with Gasteiger partial charge in [-0.05, 0) is 13.0 Å². The van der Waals surface area contributed by atoms with Gasteiger partial charge in [-0.1, -0.05) is 11.6 Å². The van der Waals surface area contributed by atoms with E-state index < -0.39 is 0 Å². The molecule has 0 saturated carbocycles. The van der Waals surface area contributed by atoms with E-state index in [4.69, 9.17) is 23.2 Å². The first kappa shape index (κ1) is 7.76. The topological polar surface area (TPSA) is 25.8 Å². The van der Waals surface area contributed by atoms with E-state index >= 15 is 0 Å². The fourth-order valence-electron chi connectivity index (χ4n) is 0.542. The van der Waals surface area contributed by atoms with Crippen LogP contribution in [-0.4, -0.2) is 9.97 Å². The summed E-state index contributed by atoms with van der Waals surface area (Å²) in [6.45, 7) is 1.80. The Balaban J connectivity index is 2.96. The van der Waals surface area contributed by atoms with Gasteiger partial charge >= 0.3 is 0 Å². The van der Waals surface area contributed by atoms with Gasteiger partial charge in [0.15, 0.2) is 0 Å². The van der Waals surface area contributed by atoms with Gasteiger partial charge in [-0.3, -0.25) is 0 Å². The van der Waals surface area contributed by atoms with E-state index in [0.29, 0.717) is 11.0 Å². The molecule has 1 aromatic heterocycles. The highest BCUT2D eigenvalue weighted by molar-refractivity contribution is 6.29. The number of rotatable bonds is 1. The number of hydrogen-bond donors (Lipinski definition) is 0. The van der Waals surface area contributed by atoms with Gasteiger partial charge in [-0.15, -0.1) is 11.6 Å². The van der Waals surface area contributed by atoms with Crippen LogP contribution in [0.2, 0.25) is 5.15 Å². The fourth-order valence-corrected chi connectivity index (χ4v) is 0.790. The molecule has 10 heavy (non-hydrogen) atoms. The zero-order chi connectivity index (χ0) is 7.56. The quantitative estimate of drug-likeness (QED) is 0.486. The Bertz CT molecular complexity index is 225. The van der Waals surface area contributed by atoms with Gasteiger partial charge < -0.3 is 0 Å². The van der Waals surface area contributed by atoms with Crippen LogP contribution in [0.1, 0.15) is 18.1 Å². The van der Waals surface area contributed by atoms with Gasteiger partial charge in [0, 0.05) is 6.20 Å². The van der Waals surface area contributed by atoms with Crippen molar-refractivity contribution in [2.24, 2.45) is 0 Å². The lowest BCUT2D eigenvalue weighted by Crippen LogP contribution is -1.93. The van der Waals surface area contributed by atoms with E-state index in [-0.39, 0.29) is 5.38 Å². The highest BCUT2D eigenvalue weighted by Crippen LogP contribution is 2.15. The number of alkyl halides is 1. The maximum Gasteiger partial charge on any atom is 0.147 e. The number of nitrogens with zero attached hydrogens (tertiary/aromatic N) is 2. The molecule has 1 atom stereocenters. The molecule has 54 valence electrons. The van der Waals surface area contributed by atoms with Crippen LogP contribution in [0.25, 0.3) is 0 Å². The van der Waals surface area contributed by atoms with Crippen molar-refractivity contribution >= 4 is 23.2 Å². The minimum atomic E-state index is -0.182. The van der Waals surface area contributed by atoms with Crippen molar-refractivity contribution in [1.29, 1.82) is 0 Å². The molecule has 0 unspecified atom stereocenters. The monoisotopic (exact) mass is 176 g/mol. The summed E-state index contributed by atoms with van der Waals surface area (Å²) in [4.78, 5) is 7.81. The molecule has 0 amide bonds. The molecule has 0 radical (unpaired) electrons. The molecular weight excluding hydrogens is 171 g/mol. The van der Waals surface area contributed by atoms with E-state index in [1.165, 1.54) is 0 Å². The highest BCUT2D eigenvalue weighted by Gasteiger charge is 2.03. The van der Waals surface area contributed by atoms with E-state index in [9.17, 15) is 0 Å². The Labute approximate surface area is 69.2 Å². The number of aromatic nitrogens is 2. The first-order chi connectivity index (χ1) is 4.70. The summed E-state index contributed by atoms with van der Waals surface area (Å²) >= 11 is 11.3. The predicted molar refractivity (Wildman–Crippen MR) is 41.3 cm³/mol. The molecule has 0 N–H and O–H groups in total. The van der Waals surface area contributed by atoms with Crippen molar-refractivity contribution in [2.75, 3.05) is 0 Å². The van der Waals surface area contributed by atoms with Crippen LogP contribution in [0.4, 0.5) is 0 Å². The fraction of sp³-hybridized carbons (Fsp3) is 0.333. The zero-order valence-corrected chi connectivity index (χ0v) is 6.89.